The molecular formula is C46H53N21O2. The van der Waals surface area contributed by atoms with Crippen LogP contribution in [0.15, 0.2) is 262 Å². The largest absolute Gasteiger partial charge is 0.365 e. The number of azo groups is 1. The Labute approximate surface area is 400 Å². The van der Waals surface area contributed by atoms with Crippen molar-refractivity contribution in [2.75, 3.05) is 19.6 Å². The van der Waals surface area contributed by atoms with Gasteiger partial charge in [-0.2, -0.15) is 35.7 Å². The van der Waals surface area contributed by atoms with Crippen LogP contribution in [0.4, 0.5) is 0 Å². The zero-order valence-electron chi connectivity index (χ0n) is 37.7. The number of aromatic nitrogens is 10. The van der Waals surface area contributed by atoms with Crippen molar-refractivity contribution in [3.05, 3.63) is 197 Å². The van der Waals surface area contributed by atoms with E-state index in [1.807, 2.05) is 85.4 Å². The first-order chi connectivity index (χ1) is 34.5. The van der Waals surface area contributed by atoms with Crippen molar-refractivity contribution < 1.29 is 9.05 Å². The van der Waals surface area contributed by atoms with Gasteiger partial charge in [0.1, 0.15) is 12.6 Å². The molecule has 0 saturated heterocycles. The number of hydrogen-bond acceptors (Lipinski definition) is 23. The van der Waals surface area contributed by atoms with E-state index in [0.29, 0.717) is 6.54 Å². The van der Waals surface area contributed by atoms with Crippen LogP contribution >= 0.6 is 0 Å². The van der Waals surface area contributed by atoms with Crippen LogP contribution in [-0.4, -0.2) is 114 Å². The lowest BCUT2D eigenvalue weighted by atomic mass is 10.5. The molecule has 6 aromatic rings. The van der Waals surface area contributed by atoms with Crippen LogP contribution in [0.5, 0.6) is 0 Å². The minimum absolute atomic E-state index is 0.667. The van der Waals surface area contributed by atoms with Crippen molar-refractivity contribution >= 4 is 43.5 Å². The first-order valence-corrected chi connectivity index (χ1v) is 20.6. The third kappa shape index (κ3) is 52.6. The molecule has 0 N–H and O–H groups in total. The summed E-state index contributed by atoms with van der Waals surface area (Å²) in [4.78, 5) is 37.2. The normalized spacial score (nSPS) is 12.9. The average molecular weight is 932 g/mol. The summed E-state index contributed by atoms with van der Waals surface area (Å²) in [6.07, 6.45) is 59.5. The molecule has 0 aliphatic carbocycles. The SMILES string of the molecule is C1=CCN=C1.C1=CN=CC1.C1=CN=CC1.C1=CN=CC1.C1=CN=NC1.C1=NN=CC1.C1=NN=NC1.c1ccncc1.c1ccnnc1.c1cnccn1.c1cncnc1.c1cnoc1.c1ncon1. The fourth-order valence-electron chi connectivity index (χ4n) is 3.26. The van der Waals surface area contributed by atoms with Gasteiger partial charge in [0, 0.05) is 150 Å². The van der Waals surface area contributed by atoms with Gasteiger partial charge in [0.15, 0.2) is 6.33 Å². The molecule has 69 heavy (non-hydrogen) atoms. The van der Waals surface area contributed by atoms with Gasteiger partial charge in [-0.1, -0.05) is 40.7 Å². The fourth-order valence-corrected chi connectivity index (χ4v) is 3.26. The summed E-state index contributed by atoms with van der Waals surface area (Å²) in [6.45, 7) is 2.33. The molecular weight excluding hydrogens is 879 g/mol. The maximum absolute atomic E-state index is 4.33. The standard InChI is InChI=1S/C5H5N.3C4H4N2.4C4H5N.2C3H4N2.C3H3NO.C2H3N3.C2H2N2O/c1-2-4-6-5-3-1;1-2-6-4-3-5-1;1-2-5-4-6-3-1;1-2-4-6-5-3-1;8*1-2-4-5-3-1;1-3-2-5-4-1/h1-5H;3*1-4H;3*1,3-4H,2H2;1-3H,4H2;2-3H,1H2;1-2H,3H2;1-3H;1H,2H2;1-2H. The lowest BCUT2D eigenvalue weighted by molar-refractivity contribution is 0.416. The highest BCUT2D eigenvalue weighted by atomic mass is 16.5. The lowest BCUT2D eigenvalue weighted by Gasteiger charge is -1.70. The first kappa shape index (κ1) is 57.3. The van der Waals surface area contributed by atoms with Crippen LogP contribution in [0.1, 0.15) is 25.7 Å². The Balaban J connectivity index is 0.000000374. The van der Waals surface area contributed by atoms with Gasteiger partial charge in [0.2, 0.25) is 6.39 Å². The number of allylic oxidation sites excluding steroid dienone is 4. The second kappa shape index (κ2) is 54.5. The van der Waals surface area contributed by atoms with E-state index in [-0.39, 0.29) is 0 Å². The van der Waals surface area contributed by atoms with E-state index < -0.39 is 0 Å². The predicted molar refractivity (Wildman–Crippen MR) is 269 cm³/mol. The average Bonchev–Trinajstić information content (AvgIpc) is 4.31. The second-order valence-electron chi connectivity index (χ2n) is 11.2. The third-order valence-electron chi connectivity index (χ3n) is 6.03. The number of aliphatic imine (C=N–C) groups is 4. The van der Waals surface area contributed by atoms with Crippen molar-refractivity contribution in [2.24, 2.45) is 55.8 Å². The van der Waals surface area contributed by atoms with Crippen LogP contribution in [0.2, 0.25) is 0 Å². The summed E-state index contributed by atoms with van der Waals surface area (Å²) < 4.78 is 8.56. The Morgan fingerprint density at radius 1 is 0.377 bits per heavy atom. The zero-order valence-corrected chi connectivity index (χ0v) is 37.7. The van der Waals surface area contributed by atoms with Gasteiger partial charge in [-0.05, 0) is 53.8 Å². The van der Waals surface area contributed by atoms with Crippen LogP contribution in [0.3, 0.4) is 0 Å². The molecule has 0 bridgehead atoms. The van der Waals surface area contributed by atoms with Crippen molar-refractivity contribution in [1.82, 2.24) is 50.4 Å². The molecule has 0 spiro atoms. The second-order valence-corrected chi connectivity index (χ2v) is 11.2. The van der Waals surface area contributed by atoms with Crippen LogP contribution in [-0.2, 0) is 0 Å². The van der Waals surface area contributed by atoms with Crippen molar-refractivity contribution in [1.29, 1.82) is 0 Å². The minimum Gasteiger partial charge on any atom is -0.365 e. The monoisotopic (exact) mass is 931 g/mol. The molecule has 13 rings (SSSR count). The van der Waals surface area contributed by atoms with Gasteiger partial charge >= 0.3 is 0 Å². The summed E-state index contributed by atoms with van der Waals surface area (Å²) in [5.74, 6) is 0. The van der Waals surface area contributed by atoms with Crippen molar-refractivity contribution in [3.8, 4) is 0 Å². The fraction of sp³-hybridized carbons (Fsp3) is 0.152. The van der Waals surface area contributed by atoms with E-state index in [4.69, 9.17) is 0 Å². The Morgan fingerprint density at radius 3 is 1.16 bits per heavy atom. The van der Waals surface area contributed by atoms with Crippen molar-refractivity contribution in [3.63, 3.8) is 0 Å². The molecule has 0 fully saturated rings. The molecule has 0 atom stereocenters. The van der Waals surface area contributed by atoms with E-state index in [9.17, 15) is 0 Å². The molecule has 13 heterocycles. The lowest BCUT2D eigenvalue weighted by Crippen LogP contribution is -1.69. The maximum Gasteiger partial charge on any atom is 0.213 e. The summed E-state index contributed by atoms with van der Waals surface area (Å²) in [5, 5.41) is 38.0. The quantitative estimate of drug-likeness (QED) is 0.138. The smallest absolute Gasteiger partial charge is 0.213 e. The summed E-state index contributed by atoms with van der Waals surface area (Å²) in [6, 6.07) is 12.9. The van der Waals surface area contributed by atoms with Crippen LogP contribution in [0.25, 0.3) is 0 Å². The number of nitrogens with zero attached hydrogens (tertiary/aromatic N) is 21. The molecule has 0 radical (unpaired) electrons. The number of pyridine rings is 1. The van der Waals surface area contributed by atoms with Gasteiger partial charge in [-0.3, -0.25) is 34.9 Å². The molecule has 6 aromatic heterocycles. The minimum atomic E-state index is 0.667. The maximum atomic E-state index is 4.33. The Bertz CT molecular complexity index is 1740. The molecule has 7 aliphatic heterocycles. The van der Waals surface area contributed by atoms with Crippen LogP contribution < -0.4 is 0 Å². The Morgan fingerprint density at radius 2 is 1.00 bits per heavy atom. The third-order valence-corrected chi connectivity index (χ3v) is 6.03. The highest BCUT2D eigenvalue weighted by molar-refractivity contribution is 5.82. The molecule has 0 amide bonds. The van der Waals surface area contributed by atoms with E-state index in [1.54, 1.807) is 130 Å². The molecule has 7 aliphatic rings. The van der Waals surface area contributed by atoms with E-state index >= 15 is 0 Å². The van der Waals surface area contributed by atoms with Gasteiger partial charge < -0.3 is 9.05 Å². The van der Waals surface area contributed by atoms with Gasteiger partial charge in [0.25, 0.3) is 0 Å². The van der Waals surface area contributed by atoms with Gasteiger partial charge in [-0.15, -0.1) is 5.10 Å². The molecule has 0 aromatic carbocycles. The van der Waals surface area contributed by atoms with E-state index in [2.05, 4.69) is 115 Å². The topological polar surface area (TPSA) is 291 Å². The van der Waals surface area contributed by atoms with Gasteiger partial charge in [0.05, 0.1) is 32.0 Å². The Hall–Kier alpha value is -9.67. The molecule has 23 nitrogen and oxygen atoms in total. The summed E-state index contributed by atoms with van der Waals surface area (Å²) in [7, 11) is 0. The zero-order chi connectivity index (χ0) is 48.8. The number of rotatable bonds is 0. The molecule has 354 valence electrons. The highest BCUT2D eigenvalue weighted by Crippen LogP contribution is 1.88. The van der Waals surface area contributed by atoms with Gasteiger partial charge in [-0.25, -0.2) is 15.0 Å². The number of hydrogen-bond donors (Lipinski definition) is 0. The predicted octanol–water partition coefficient (Wildman–Crippen LogP) is 8.66. The summed E-state index contributed by atoms with van der Waals surface area (Å²) in [5.41, 5.74) is 0. The summed E-state index contributed by atoms with van der Waals surface area (Å²) >= 11 is 0. The highest BCUT2D eigenvalue weighted by Gasteiger charge is 1.77. The molecule has 0 unspecified atom stereocenters. The molecule has 0 saturated carbocycles. The van der Waals surface area contributed by atoms with E-state index in [0.717, 1.165) is 38.8 Å². The van der Waals surface area contributed by atoms with E-state index in [1.165, 1.54) is 25.3 Å². The Kier molecular flexibility index (Phi) is 45.3. The molecule has 23 heteroatoms. The van der Waals surface area contributed by atoms with Crippen molar-refractivity contribution in [2.45, 2.75) is 25.7 Å². The van der Waals surface area contributed by atoms with Crippen LogP contribution in [0, 0.1) is 0 Å². The first-order valence-electron chi connectivity index (χ1n) is 20.6.